The monoisotopic (exact) mass is 582 g/mol. The van der Waals surface area contributed by atoms with E-state index in [2.05, 4.69) is 161 Å². The molecule has 0 aromatic carbocycles. The zero-order valence-electron chi connectivity index (χ0n) is 28.8. The summed E-state index contributed by atoms with van der Waals surface area (Å²) in [5.74, 6) is 0.296. The van der Waals surface area contributed by atoms with Crippen LogP contribution < -0.4 is 0 Å². The summed E-state index contributed by atoms with van der Waals surface area (Å²) in [6, 6.07) is 0. The Morgan fingerprint density at radius 3 is 1.53 bits per heavy atom. The molecule has 0 saturated carbocycles. The molecule has 2 N–H and O–H groups in total. The van der Waals surface area contributed by atoms with Crippen LogP contribution in [0, 0.1) is 16.7 Å². The molecule has 43 heavy (non-hydrogen) atoms. The lowest BCUT2D eigenvalue weighted by Crippen LogP contribution is -2.33. The van der Waals surface area contributed by atoms with E-state index in [0.717, 1.165) is 30.4 Å². The van der Waals surface area contributed by atoms with Crippen molar-refractivity contribution in [3.63, 3.8) is 0 Å². The Morgan fingerprint density at radius 2 is 1.05 bits per heavy atom. The summed E-state index contributed by atoms with van der Waals surface area (Å²) in [6.07, 6.45) is 31.9. The molecule has 2 aliphatic carbocycles. The number of allylic oxidation sites excluding steroid dienone is 20. The highest BCUT2D eigenvalue weighted by atomic mass is 16.3. The van der Waals surface area contributed by atoms with E-state index in [-0.39, 0.29) is 23.0 Å². The van der Waals surface area contributed by atoms with E-state index in [1.807, 2.05) is 0 Å². The average Bonchev–Trinajstić information content (AvgIpc) is 2.91. The van der Waals surface area contributed by atoms with Gasteiger partial charge < -0.3 is 10.2 Å². The van der Waals surface area contributed by atoms with Crippen molar-refractivity contribution in [1.29, 1.82) is 0 Å². The molecular weight excluding hydrogens is 524 g/mol. The van der Waals surface area contributed by atoms with Crippen LogP contribution in [0.4, 0.5) is 0 Å². The standard InChI is InChI=1S/C41H58O2/c1-29(18-14-20-31(3)22-24-36-34(6)38(42)26-27-40(36,8)9)16-12-13-17-30(2)19-15-21-32(4)23-25-37-35(7)39(43)33(5)28-41(37,10)11/h12-25,33,38-39,42-43H,26-28H2,1-11H3/b13-12+,18-14+,19-15+,24-22+,25-23+,29-16+,30-17+,31-20+,32-21+. The Bertz CT molecular complexity index is 1320. The van der Waals surface area contributed by atoms with Crippen LogP contribution in [0.15, 0.2) is 130 Å². The maximum atomic E-state index is 10.5. The second-order valence-electron chi connectivity index (χ2n) is 14.1. The lowest BCUT2D eigenvalue weighted by Gasteiger charge is -2.39. The fourth-order valence-corrected chi connectivity index (χ4v) is 6.19. The minimum absolute atomic E-state index is 0.0753. The van der Waals surface area contributed by atoms with Crippen LogP contribution in [0.3, 0.4) is 0 Å². The van der Waals surface area contributed by atoms with Crippen molar-refractivity contribution in [2.45, 2.75) is 108 Å². The molecule has 0 aliphatic heterocycles. The van der Waals surface area contributed by atoms with Crippen molar-refractivity contribution in [3.05, 3.63) is 130 Å². The van der Waals surface area contributed by atoms with Gasteiger partial charge in [-0.1, -0.05) is 142 Å². The second kappa shape index (κ2) is 16.2. The smallest absolute Gasteiger partial charge is 0.0779 e. The van der Waals surface area contributed by atoms with E-state index in [9.17, 15) is 10.2 Å². The summed E-state index contributed by atoms with van der Waals surface area (Å²) in [4.78, 5) is 0. The first-order valence-electron chi connectivity index (χ1n) is 15.9. The van der Waals surface area contributed by atoms with Gasteiger partial charge in [0.25, 0.3) is 0 Å². The maximum Gasteiger partial charge on any atom is 0.0779 e. The fraction of sp³-hybridized carbons (Fsp3) is 0.463. The van der Waals surface area contributed by atoms with Gasteiger partial charge in [0.05, 0.1) is 12.2 Å². The van der Waals surface area contributed by atoms with Gasteiger partial charge in [0.2, 0.25) is 0 Å². The van der Waals surface area contributed by atoms with Gasteiger partial charge in [-0.25, -0.2) is 0 Å². The molecule has 0 heterocycles. The average molecular weight is 583 g/mol. The summed E-state index contributed by atoms with van der Waals surface area (Å²) in [5.41, 5.74) is 9.61. The number of aliphatic hydroxyl groups excluding tert-OH is 2. The molecule has 234 valence electrons. The van der Waals surface area contributed by atoms with Gasteiger partial charge in [-0.15, -0.1) is 0 Å². The topological polar surface area (TPSA) is 40.5 Å². The molecule has 2 nitrogen and oxygen atoms in total. The summed E-state index contributed by atoms with van der Waals surface area (Å²) in [6.45, 7) is 23.8. The Labute approximate surface area is 263 Å². The summed E-state index contributed by atoms with van der Waals surface area (Å²) >= 11 is 0. The third-order valence-corrected chi connectivity index (χ3v) is 8.96. The van der Waals surface area contributed by atoms with Crippen LogP contribution in [0.1, 0.15) is 95.4 Å². The predicted molar refractivity (Wildman–Crippen MR) is 189 cm³/mol. The van der Waals surface area contributed by atoms with Crippen molar-refractivity contribution < 1.29 is 10.2 Å². The van der Waals surface area contributed by atoms with E-state index < -0.39 is 0 Å². The Balaban J connectivity index is 1.93. The van der Waals surface area contributed by atoms with Crippen LogP contribution in [-0.2, 0) is 0 Å². The fourth-order valence-electron chi connectivity index (χ4n) is 6.19. The highest BCUT2D eigenvalue weighted by Gasteiger charge is 2.35. The number of aliphatic hydroxyl groups is 2. The Kier molecular flexibility index (Phi) is 13.7. The predicted octanol–water partition coefficient (Wildman–Crippen LogP) is 10.8. The first-order chi connectivity index (χ1) is 20.0. The highest BCUT2D eigenvalue weighted by molar-refractivity contribution is 5.40. The molecule has 2 rings (SSSR count). The lowest BCUT2D eigenvalue weighted by molar-refractivity contribution is 0.107. The molecule has 0 bridgehead atoms. The van der Waals surface area contributed by atoms with Crippen LogP contribution in [0.2, 0.25) is 0 Å². The summed E-state index contributed by atoms with van der Waals surface area (Å²) in [7, 11) is 0. The van der Waals surface area contributed by atoms with Crippen molar-refractivity contribution >= 4 is 0 Å². The minimum Gasteiger partial charge on any atom is -0.389 e. The largest absolute Gasteiger partial charge is 0.389 e. The zero-order chi connectivity index (χ0) is 32.4. The normalized spacial score (nSPS) is 26.5. The molecule has 0 saturated heterocycles. The van der Waals surface area contributed by atoms with Gasteiger partial charge >= 0.3 is 0 Å². The third kappa shape index (κ3) is 11.2. The van der Waals surface area contributed by atoms with Crippen LogP contribution in [0.5, 0.6) is 0 Å². The van der Waals surface area contributed by atoms with Gasteiger partial charge in [-0.2, -0.15) is 0 Å². The second-order valence-corrected chi connectivity index (χ2v) is 14.1. The molecule has 0 aromatic heterocycles. The molecule has 0 fully saturated rings. The van der Waals surface area contributed by atoms with Gasteiger partial charge in [0, 0.05) is 0 Å². The highest BCUT2D eigenvalue weighted by Crippen LogP contribution is 2.44. The van der Waals surface area contributed by atoms with Gasteiger partial charge in [-0.3, -0.25) is 0 Å². The molecule has 0 radical (unpaired) electrons. The first-order valence-corrected chi connectivity index (χ1v) is 15.9. The number of hydrogen-bond donors (Lipinski definition) is 2. The quantitative estimate of drug-likeness (QED) is 0.252. The molecule has 0 aromatic rings. The molecule has 2 heteroatoms. The van der Waals surface area contributed by atoms with E-state index in [4.69, 9.17) is 0 Å². The van der Waals surface area contributed by atoms with Gasteiger partial charge in [0.15, 0.2) is 0 Å². The van der Waals surface area contributed by atoms with E-state index in [0.29, 0.717) is 5.92 Å². The molecule has 2 aliphatic rings. The lowest BCUT2D eigenvalue weighted by atomic mass is 9.67. The number of rotatable bonds is 10. The van der Waals surface area contributed by atoms with Crippen LogP contribution in [-0.4, -0.2) is 22.4 Å². The SMILES string of the molecule is CC1=C(/C=C/C(C)=C/C=C/C(C)=C/C=C/C=C(C)/C=C/C=C(C)/C=C/C2=C(C)C(O)C(C)CC2(C)C)C(C)(C)CCC1O. The van der Waals surface area contributed by atoms with Crippen molar-refractivity contribution in [1.82, 2.24) is 0 Å². The Hall–Kier alpha value is -2.94. The molecule has 0 spiro atoms. The van der Waals surface area contributed by atoms with E-state index in [1.165, 1.54) is 33.4 Å². The van der Waals surface area contributed by atoms with Gasteiger partial charge in [-0.05, 0) is 99.8 Å². The van der Waals surface area contributed by atoms with Crippen LogP contribution in [0.25, 0.3) is 0 Å². The van der Waals surface area contributed by atoms with E-state index in [1.54, 1.807) is 0 Å². The molecular formula is C41H58O2. The minimum atomic E-state index is -0.348. The number of hydrogen-bond acceptors (Lipinski definition) is 2. The van der Waals surface area contributed by atoms with Crippen molar-refractivity contribution in [3.8, 4) is 0 Å². The van der Waals surface area contributed by atoms with Crippen molar-refractivity contribution in [2.75, 3.05) is 0 Å². The molecule has 3 atom stereocenters. The third-order valence-electron chi connectivity index (χ3n) is 8.96. The van der Waals surface area contributed by atoms with Gasteiger partial charge in [0.1, 0.15) is 0 Å². The van der Waals surface area contributed by atoms with E-state index >= 15 is 0 Å². The van der Waals surface area contributed by atoms with Crippen LogP contribution >= 0.6 is 0 Å². The zero-order valence-corrected chi connectivity index (χ0v) is 28.8. The summed E-state index contributed by atoms with van der Waals surface area (Å²) in [5, 5.41) is 20.8. The first kappa shape index (κ1) is 36.3. The maximum absolute atomic E-state index is 10.5. The van der Waals surface area contributed by atoms with Crippen molar-refractivity contribution in [2.24, 2.45) is 16.7 Å². The molecule has 0 amide bonds. The summed E-state index contributed by atoms with van der Waals surface area (Å²) < 4.78 is 0. The molecule has 3 unspecified atom stereocenters. The Morgan fingerprint density at radius 1 is 0.628 bits per heavy atom.